The third-order valence-electron chi connectivity index (χ3n) is 2.71. The predicted molar refractivity (Wildman–Crippen MR) is 67.9 cm³/mol. The molecule has 2 heterocycles. The molecule has 0 bridgehead atoms. The molecule has 2 aromatic rings. The summed E-state index contributed by atoms with van der Waals surface area (Å²) in [5.74, 6) is 1.24. The molecule has 0 fully saturated rings. The number of furan rings is 1. The van der Waals surface area contributed by atoms with Crippen molar-refractivity contribution < 1.29 is 8.94 Å². The molecule has 5 heteroatoms. The second kappa shape index (κ2) is 4.94. The van der Waals surface area contributed by atoms with Crippen molar-refractivity contribution in [3.63, 3.8) is 0 Å². The quantitative estimate of drug-likeness (QED) is 0.901. The highest BCUT2D eigenvalue weighted by Gasteiger charge is 2.24. The maximum absolute atomic E-state index is 5.79. The number of rotatable bonds is 4. The van der Waals surface area contributed by atoms with Gasteiger partial charge < -0.3 is 14.7 Å². The van der Waals surface area contributed by atoms with Crippen LogP contribution in [0, 0.1) is 5.41 Å². The Morgan fingerprint density at radius 3 is 2.72 bits per heavy atom. The highest BCUT2D eigenvalue weighted by Crippen LogP contribution is 2.30. The van der Waals surface area contributed by atoms with Gasteiger partial charge in [-0.2, -0.15) is 4.98 Å². The van der Waals surface area contributed by atoms with Gasteiger partial charge in [-0.25, -0.2) is 0 Å². The van der Waals surface area contributed by atoms with E-state index in [-0.39, 0.29) is 11.3 Å². The summed E-state index contributed by atoms with van der Waals surface area (Å²) in [6.45, 7) is 7.01. The van der Waals surface area contributed by atoms with Gasteiger partial charge in [0.05, 0.1) is 17.7 Å². The molecule has 0 amide bonds. The van der Waals surface area contributed by atoms with Gasteiger partial charge in [0.1, 0.15) is 6.26 Å². The minimum atomic E-state index is 0.0955. The van der Waals surface area contributed by atoms with Crippen LogP contribution in [0.2, 0.25) is 0 Å². The molecule has 98 valence electrons. The van der Waals surface area contributed by atoms with Crippen LogP contribution in [0.5, 0.6) is 0 Å². The fourth-order valence-corrected chi connectivity index (χ4v) is 1.92. The maximum Gasteiger partial charge on any atom is 0.231 e. The fraction of sp³-hybridized carbons (Fsp3) is 0.538. The van der Waals surface area contributed by atoms with Crippen molar-refractivity contribution in [1.29, 1.82) is 0 Å². The molecule has 2 rings (SSSR count). The topological polar surface area (TPSA) is 78.1 Å². The van der Waals surface area contributed by atoms with Crippen LogP contribution in [0.25, 0.3) is 11.4 Å². The van der Waals surface area contributed by atoms with E-state index in [9.17, 15) is 0 Å². The molecule has 0 aromatic carbocycles. The van der Waals surface area contributed by atoms with Crippen LogP contribution in [0.3, 0.4) is 0 Å². The highest BCUT2D eigenvalue weighted by molar-refractivity contribution is 5.51. The molecule has 0 aliphatic rings. The minimum absolute atomic E-state index is 0.0955. The van der Waals surface area contributed by atoms with E-state index < -0.39 is 0 Å². The summed E-state index contributed by atoms with van der Waals surface area (Å²) in [5, 5.41) is 3.96. The Kier molecular flexibility index (Phi) is 3.52. The van der Waals surface area contributed by atoms with Crippen LogP contribution < -0.4 is 5.73 Å². The Hall–Kier alpha value is -1.62. The standard InChI is InChI=1S/C13H19N3O2/c1-13(2,3)6-10(7-14)12-15-11(16-18-12)9-4-5-17-8-9/h4-5,8,10H,6-7,14H2,1-3H3. The fourth-order valence-electron chi connectivity index (χ4n) is 1.92. The van der Waals surface area contributed by atoms with Crippen molar-refractivity contribution in [2.75, 3.05) is 6.54 Å². The molecule has 0 saturated heterocycles. The van der Waals surface area contributed by atoms with Crippen molar-refractivity contribution in [1.82, 2.24) is 10.1 Å². The Balaban J connectivity index is 2.18. The first kappa shape index (κ1) is 12.8. The van der Waals surface area contributed by atoms with Gasteiger partial charge >= 0.3 is 0 Å². The first-order valence-corrected chi connectivity index (χ1v) is 6.06. The molecule has 2 aromatic heterocycles. The van der Waals surface area contributed by atoms with Crippen molar-refractivity contribution in [2.45, 2.75) is 33.1 Å². The number of nitrogens with two attached hydrogens (primary N) is 1. The Labute approximate surface area is 106 Å². The number of aromatic nitrogens is 2. The van der Waals surface area contributed by atoms with Crippen LogP contribution in [0.15, 0.2) is 27.5 Å². The third kappa shape index (κ3) is 2.98. The molecule has 1 atom stereocenters. The van der Waals surface area contributed by atoms with Gasteiger partial charge in [0, 0.05) is 6.54 Å². The van der Waals surface area contributed by atoms with Crippen LogP contribution >= 0.6 is 0 Å². The zero-order chi connectivity index (χ0) is 13.2. The first-order chi connectivity index (χ1) is 8.49. The summed E-state index contributed by atoms with van der Waals surface area (Å²) < 4.78 is 10.3. The average Bonchev–Trinajstić information content (AvgIpc) is 2.94. The average molecular weight is 249 g/mol. The Bertz CT molecular complexity index is 483. The summed E-state index contributed by atoms with van der Waals surface area (Å²) in [6.07, 6.45) is 4.09. The second-order valence-corrected chi connectivity index (χ2v) is 5.67. The largest absolute Gasteiger partial charge is 0.472 e. The zero-order valence-corrected chi connectivity index (χ0v) is 11.0. The van der Waals surface area contributed by atoms with E-state index >= 15 is 0 Å². The van der Waals surface area contributed by atoms with Gasteiger partial charge in [0.2, 0.25) is 11.7 Å². The Morgan fingerprint density at radius 1 is 1.39 bits per heavy atom. The van der Waals surface area contributed by atoms with E-state index in [1.54, 1.807) is 18.6 Å². The van der Waals surface area contributed by atoms with Gasteiger partial charge in [0.15, 0.2) is 0 Å². The second-order valence-electron chi connectivity index (χ2n) is 5.67. The van der Waals surface area contributed by atoms with Gasteiger partial charge in [-0.3, -0.25) is 0 Å². The van der Waals surface area contributed by atoms with Crippen LogP contribution in [-0.4, -0.2) is 16.7 Å². The lowest BCUT2D eigenvalue weighted by atomic mass is 9.84. The summed E-state index contributed by atoms with van der Waals surface area (Å²) in [4.78, 5) is 4.39. The van der Waals surface area contributed by atoms with Crippen molar-refractivity contribution in [3.05, 3.63) is 24.5 Å². The smallest absolute Gasteiger partial charge is 0.231 e. The van der Waals surface area contributed by atoms with E-state index in [1.165, 1.54) is 0 Å². The van der Waals surface area contributed by atoms with Crippen LogP contribution in [0.1, 0.15) is 39.0 Å². The summed E-state index contributed by atoms with van der Waals surface area (Å²) in [5.41, 5.74) is 6.78. The summed E-state index contributed by atoms with van der Waals surface area (Å²) in [6, 6.07) is 1.80. The molecule has 0 radical (unpaired) electrons. The number of hydrogen-bond acceptors (Lipinski definition) is 5. The molecule has 5 nitrogen and oxygen atoms in total. The molecule has 0 aliphatic carbocycles. The molecular formula is C13H19N3O2. The van der Waals surface area contributed by atoms with E-state index in [4.69, 9.17) is 14.7 Å². The SMILES string of the molecule is CC(C)(C)CC(CN)c1nc(-c2ccoc2)no1. The zero-order valence-electron chi connectivity index (χ0n) is 11.0. The van der Waals surface area contributed by atoms with Crippen molar-refractivity contribution >= 4 is 0 Å². The van der Waals surface area contributed by atoms with Crippen LogP contribution in [0.4, 0.5) is 0 Å². The Morgan fingerprint density at radius 2 is 2.17 bits per heavy atom. The van der Waals surface area contributed by atoms with E-state index in [1.807, 2.05) is 0 Å². The minimum Gasteiger partial charge on any atom is -0.472 e. The molecule has 0 saturated carbocycles. The molecule has 0 aliphatic heterocycles. The van der Waals surface area contributed by atoms with Gasteiger partial charge in [-0.05, 0) is 17.9 Å². The van der Waals surface area contributed by atoms with E-state index in [0.29, 0.717) is 18.3 Å². The molecule has 0 spiro atoms. The lowest BCUT2D eigenvalue weighted by molar-refractivity contribution is 0.287. The van der Waals surface area contributed by atoms with E-state index in [0.717, 1.165) is 12.0 Å². The normalized spacial score (nSPS) is 13.8. The van der Waals surface area contributed by atoms with Crippen molar-refractivity contribution in [2.24, 2.45) is 11.1 Å². The lowest BCUT2D eigenvalue weighted by Gasteiger charge is -2.22. The number of hydrogen-bond donors (Lipinski definition) is 1. The first-order valence-electron chi connectivity index (χ1n) is 6.06. The molecule has 18 heavy (non-hydrogen) atoms. The number of nitrogens with zero attached hydrogens (tertiary/aromatic N) is 2. The summed E-state index contributed by atoms with van der Waals surface area (Å²) in [7, 11) is 0. The maximum atomic E-state index is 5.79. The van der Waals surface area contributed by atoms with Crippen molar-refractivity contribution in [3.8, 4) is 11.4 Å². The molecular weight excluding hydrogens is 230 g/mol. The summed E-state index contributed by atoms with van der Waals surface area (Å²) >= 11 is 0. The third-order valence-corrected chi connectivity index (χ3v) is 2.71. The van der Waals surface area contributed by atoms with Gasteiger partial charge in [0.25, 0.3) is 0 Å². The lowest BCUT2D eigenvalue weighted by Crippen LogP contribution is -2.19. The van der Waals surface area contributed by atoms with Gasteiger partial charge in [-0.1, -0.05) is 25.9 Å². The molecule has 2 N–H and O–H groups in total. The van der Waals surface area contributed by atoms with Crippen LogP contribution in [-0.2, 0) is 0 Å². The van der Waals surface area contributed by atoms with Gasteiger partial charge in [-0.15, -0.1) is 0 Å². The highest BCUT2D eigenvalue weighted by atomic mass is 16.5. The van der Waals surface area contributed by atoms with E-state index in [2.05, 4.69) is 30.9 Å². The monoisotopic (exact) mass is 249 g/mol. The predicted octanol–water partition coefficient (Wildman–Crippen LogP) is 2.81. The molecule has 1 unspecified atom stereocenters.